The zero-order valence-corrected chi connectivity index (χ0v) is 18.0. The van der Waals surface area contributed by atoms with E-state index in [1.807, 2.05) is 48.5 Å². The standard InChI is InChI=1S/C27H24N2O3/c1-16-25(18-9-3-6-12-21(18)28-16)27(20-11-5-8-14-23(20)32-15-24(30)31)26-17(2)29-22-13-7-4-10-19(22)26/h3-14,27-29H,15H2,1-2H3,(H,30,31). The average molecular weight is 425 g/mol. The van der Waals surface area contributed by atoms with E-state index in [2.05, 4.69) is 48.1 Å². The Morgan fingerprint density at radius 1 is 0.812 bits per heavy atom. The Morgan fingerprint density at radius 2 is 1.31 bits per heavy atom. The molecule has 0 fully saturated rings. The van der Waals surface area contributed by atoms with E-state index < -0.39 is 5.97 Å². The minimum absolute atomic E-state index is 0.146. The first-order valence-corrected chi connectivity index (χ1v) is 10.6. The van der Waals surface area contributed by atoms with E-state index in [0.717, 1.165) is 38.8 Å². The summed E-state index contributed by atoms with van der Waals surface area (Å²) in [5, 5.41) is 11.5. The number of aromatic amines is 2. The lowest BCUT2D eigenvalue weighted by atomic mass is 9.81. The van der Waals surface area contributed by atoms with Crippen molar-refractivity contribution >= 4 is 27.8 Å². The summed E-state index contributed by atoms with van der Waals surface area (Å²) in [5.74, 6) is -0.565. The largest absolute Gasteiger partial charge is 0.482 e. The van der Waals surface area contributed by atoms with Gasteiger partial charge in [-0.25, -0.2) is 4.79 Å². The highest BCUT2D eigenvalue weighted by Crippen LogP contribution is 2.45. The molecule has 0 aliphatic carbocycles. The third-order valence-electron chi connectivity index (χ3n) is 6.05. The minimum atomic E-state index is -0.997. The second-order valence-corrected chi connectivity index (χ2v) is 8.07. The maximum absolute atomic E-state index is 11.2. The number of benzene rings is 3. The highest BCUT2D eigenvalue weighted by atomic mass is 16.5. The molecule has 0 amide bonds. The Kier molecular flexibility index (Phi) is 4.94. The molecule has 0 bridgehead atoms. The molecule has 5 rings (SSSR count). The molecule has 0 saturated carbocycles. The molecule has 0 atom stereocenters. The molecule has 0 radical (unpaired) electrons. The van der Waals surface area contributed by atoms with Crippen LogP contribution in [0.5, 0.6) is 5.75 Å². The molecule has 5 aromatic rings. The van der Waals surface area contributed by atoms with Crippen molar-refractivity contribution in [3.8, 4) is 5.75 Å². The number of aliphatic carboxylic acids is 1. The van der Waals surface area contributed by atoms with Gasteiger partial charge in [0.25, 0.3) is 0 Å². The number of aromatic nitrogens is 2. The SMILES string of the molecule is Cc1[nH]c2ccccc2c1C(c1ccccc1OCC(=O)O)c1c(C)[nH]c2ccccc12. The van der Waals surface area contributed by atoms with E-state index in [4.69, 9.17) is 4.74 Å². The maximum atomic E-state index is 11.2. The van der Waals surface area contributed by atoms with E-state index in [1.165, 1.54) is 11.1 Å². The number of rotatable bonds is 6. The number of carboxylic acids is 1. The van der Waals surface area contributed by atoms with Crippen molar-refractivity contribution in [1.82, 2.24) is 9.97 Å². The van der Waals surface area contributed by atoms with Gasteiger partial charge in [-0.15, -0.1) is 0 Å². The van der Waals surface area contributed by atoms with Gasteiger partial charge in [0.15, 0.2) is 6.61 Å². The molecule has 3 N–H and O–H groups in total. The molecule has 0 spiro atoms. The number of H-pyrrole nitrogens is 2. The lowest BCUT2D eigenvalue weighted by Gasteiger charge is -2.22. The van der Waals surface area contributed by atoms with Crippen LogP contribution in [0, 0.1) is 13.8 Å². The second-order valence-electron chi connectivity index (χ2n) is 8.07. The van der Waals surface area contributed by atoms with Crippen LogP contribution in [0.1, 0.15) is 34.0 Å². The third kappa shape index (κ3) is 3.32. The molecule has 160 valence electrons. The average Bonchev–Trinajstić information content (AvgIpc) is 3.30. The molecule has 0 saturated heterocycles. The number of fused-ring (bicyclic) bond motifs is 2. The summed E-state index contributed by atoms with van der Waals surface area (Å²) in [6.45, 7) is 3.80. The van der Waals surface area contributed by atoms with E-state index in [0.29, 0.717) is 5.75 Å². The Bertz CT molecular complexity index is 1360. The first kappa shape index (κ1) is 19.9. The van der Waals surface area contributed by atoms with Gasteiger partial charge in [-0.05, 0) is 43.2 Å². The molecule has 0 unspecified atom stereocenters. The summed E-state index contributed by atoms with van der Waals surface area (Å²) in [5.41, 5.74) is 7.58. The summed E-state index contributed by atoms with van der Waals surface area (Å²) in [6, 6.07) is 24.3. The quantitative estimate of drug-likeness (QED) is 0.317. The van der Waals surface area contributed by atoms with Gasteiger partial charge >= 0.3 is 5.97 Å². The molecule has 0 aliphatic heterocycles. The van der Waals surface area contributed by atoms with Gasteiger partial charge in [0.05, 0.1) is 0 Å². The molecule has 3 aromatic carbocycles. The van der Waals surface area contributed by atoms with E-state index >= 15 is 0 Å². The lowest BCUT2D eigenvalue weighted by molar-refractivity contribution is -0.139. The number of hydrogen-bond acceptors (Lipinski definition) is 2. The second kappa shape index (κ2) is 7.93. The molecular formula is C27H24N2O3. The zero-order valence-electron chi connectivity index (χ0n) is 18.0. The Balaban J connectivity index is 1.83. The summed E-state index contributed by atoms with van der Waals surface area (Å²) in [7, 11) is 0. The van der Waals surface area contributed by atoms with Crippen LogP contribution in [0.25, 0.3) is 21.8 Å². The summed E-state index contributed by atoms with van der Waals surface area (Å²) < 4.78 is 5.76. The van der Waals surface area contributed by atoms with Crippen molar-refractivity contribution in [2.24, 2.45) is 0 Å². The highest BCUT2D eigenvalue weighted by molar-refractivity contribution is 5.91. The van der Waals surface area contributed by atoms with Gasteiger partial charge in [0.2, 0.25) is 0 Å². The normalized spacial score (nSPS) is 11.5. The first-order chi connectivity index (χ1) is 15.5. The van der Waals surface area contributed by atoms with Crippen molar-refractivity contribution in [1.29, 1.82) is 0 Å². The number of para-hydroxylation sites is 3. The zero-order chi connectivity index (χ0) is 22.2. The van der Waals surface area contributed by atoms with Gasteiger partial charge in [-0.1, -0.05) is 54.6 Å². The van der Waals surface area contributed by atoms with Crippen molar-refractivity contribution in [2.75, 3.05) is 6.61 Å². The monoisotopic (exact) mass is 424 g/mol. The Hall–Kier alpha value is -3.99. The number of hydrogen-bond donors (Lipinski definition) is 3. The van der Waals surface area contributed by atoms with Gasteiger partial charge in [-0.3, -0.25) is 0 Å². The fourth-order valence-electron chi connectivity index (χ4n) is 4.79. The molecular weight excluding hydrogens is 400 g/mol. The summed E-state index contributed by atoms with van der Waals surface area (Å²) in [6.07, 6.45) is 0. The number of carboxylic acid groups (broad SMARTS) is 1. The number of aryl methyl sites for hydroxylation is 2. The van der Waals surface area contributed by atoms with Gasteiger partial charge < -0.3 is 19.8 Å². The summed E-state index contributed by atoms with van der Waals surface area (Å²) >= 11 is 0. The molecule has 5 nitrogen and oxygen atoms in total. The van der Waals surface area contributed by atoms with Crippen molar-refractivity contribution < 1.29 is 14.6 Å². The first-order valence-electron chi connectivity index (χ1n) is 10.6. The maximum Gasteiger partial charge on any atom is 0.341 e. The number of ether oxygens (including phenoxy) is 1. The topological polar surface area (TPSA) is 78.1 Å². The van der Waals surface area contributed by atoms with Crippen LogP contribution in [0.3, 0.4) is 0 Å². The fraction of sp³-hybridized carbons (Fsp3) is 0.148. The molecule has 2 heterocycles. The van der Waals surface area contributed by atoms with Crippen LogP contribution in [-0.2, 0) is 4.79 Å². The van der Waals surface area contributed by atoms with Crippen molar-refractivity contribution in [3.63, 3.8) is 0 Å². The predicted octanol–water partition coefficient (Wildman–Crippen LogP) is 5.91. The number of nitrogens with one attached hydrogen (secondary N) is 2. The molecule has 32 heavy (non-hydrogen) atoms. The van der Waals surface area contributed by atoms with Crippen LogP contribution in [0.15, 0.2) is 72.8 Å². The number of carbonyl (C=O) groups is 1. The van der Waals surface area contributed by atoms with Gasteiger partial charge in [-0.2, -0.15) is 0 Å². The van der Waals surface area contributed by atoms with Crippen LogP contribution in [0.4, 0.5) is 0 Å². The fourth-order valence-corrected chi connectivity index (χ4v) is 4.79. The van der Waals surface area contributed by atoms with Gasteiger partial charge in [0, 0.05) is 44.7 Å². The molecule has 0 aliphatic rings. The Labute approximate surface area is 185 Å². The van der Waals surface area contributed by atoms with Crippen LogP contribution >= 0.6 is 0 Å². The Morgan fingerprint density at radius 3 is 1.88 bits per heavy atom. The van der Waals surface area contributed by atoms with E-state index in [1.54, 1.807) is 0 Å². The molecule has 5 heteroatoms. The van der Waals surface area contributed by atoms with Crippen LogP contribution in [-0.4, -0.2) is 27.7 Å². The third-order valence-corrected chi connectivity index (χ3v) is 6.05. The van der Waals surface area contributed by atoms with E-state index in [9.17, 15) is 9.90 Å². The van der Waals surface area contributed by atoms with E-state index in [-0.39, 0.29) is 12.5 Å². The molecule has 2 aromatic heterocycles. The lowest BCUT2D eigenvalue weighted by Crippen LogP contribution is -2.13. The van der Waals surface area contributed by atoms with Crippen LogP contribution in [0.2, 0.25) is 0 Å². The van der Waals surface area contributed by atoms with Crippen molar-refractivity contribution in [3.05, 3.63) is 101 Å². The smallest absolute Gasteiger partial charge is 0.341 e. The minimum Gasteiger partial charge on any atom is -0.482 e. The van der Waals surface area contributed by atoms with Crippen molar-refractivity contribution in [2.45, 2.75) is 19.8 Å². The van der Waals surface area contributed by atoms with Gasteiger partial charge in [0.1, 0.15) is 5.75 Å². The summed E-state index contributed by atoms with van der Waals surface area (Å²) in [4.78, 5) is 18.3. The highest BCUT2D eigenvalue weighted by Gasteiger charge is 2.29. The van der Waals surface area contributed by atoms with Crippen LogP contribution < -0.4 is 4.74 Å². The predicted molar refractivity (Wildman–Crippen MR) is 127 cm³/mol.